The first-order chi connectivity index (χ1) is 6.08. The molecule has 0 radical (unpaired) electrons. The van der Waals surface area contributed by atoms with Gasteiger partial charge in [-0.05, 0) is 38.0 Å². The van der Waals surface area contributed by atoms with E-state index in [0.29, 0.717) is 11.6 Å². The Morgan fingerprint density at radius 3 is 2.77 bits per heavy atom. The molecule has 13 heavy (non-hydrogen) atoms. The third-order valence-corrected chi connectivity index (χ3v) is 1.94. The molecule has 1 aromatic heterocycles. The number of carbonyl (C=O) groups excluding carboxylic acids is 1. The summed E-state index contributed by atoms with van der Waals surface area (Å²) in [6.07, 6.45) is 1.32. The zero-order chi connectivity index (χ0) is 9.84. The van der Waals surface area contributed by atoms with E-state index in [9.17, 15) is 4.79 Å². The number of carbonyl (C=O) groups is 1. The average molecular weight is 198 g/mol. The number of hydrogen-bond acceptors (Lipinski definition) is 2. The maximum atomic E-state index is 10.7. The Morgan fingerprint density at radius 1 is 1.54 bits per heavy atom. The summed E-state index contributed by atoms with van der Waals surface area (Å²) in [5, 5.41) is 0.499. The van der Waals surface area contributed by atoms with E-state index in [2.05, 4.69) is 4.98 Å². The summed E-state index contributed by atoms with van der Waals surface area (Å²) in [4.78, 5) is 14.8. The van der Waals surface area contributed by atoms with Gasteiger partial charge in [0.2, 0.25) is 0 Å². The largest absolute Gasteiger partial charge is 0.300 e. The van der Waals surface area contributed by atoms with Gasteiger partial charge in [-0.1, -0.05) is 11.6 Å². The molecule has 3 heteroatoms. The van der Waals surface area contributed by atoms with Gasteiger partial charge in [0.25, 0.3) is 0 Å². The monoisotopic (exact) mass is 197 g/mol. The Morgan fingerprint density at radius 2 is 2.23 bits per heavy atom. The number of ketones is 1. The summed E-state index contributed by atoms with van der Waals surface area (Å²) in [7, 11) is 0. The van der Waals surface area contributed by atoms with E-state index in [0.717, 1.165) is 17.7 Å². The molecule has 2 nitrogen and oxygen atoms in total. The number of halogens is 1. The van der Waals surface area contributed by atoms with E-state index in [1.54, 1.807) is 13.0 Å². The minimum atomic E-state index is 0.200. The van der Waals surface area contributed by atoms with Crippen molar-refractivity contribution in [1.29, 1.82) is 0 Å². The molecule has 1 rings (SSSR count). The number of pyridine rings is 1. The highest BCUT2D eigenvalue weighted by Crippen LogP contribution is 2.11. The summed E-state index contributed by atoms with van der Waals surface area (Å²) in [6, 6.07) is 3.76. The van der Waals surface area contributed by atoms with Crippen molar-refractivity contribution in [3.8, 4) is 0 Å². The van der Waals surface area contributed by atoms with Crippen LogP contribution in [0.3, 0.4) is 0 Å². The molecular weight excluding hydrogens is 186 g/mol. The van der Waals surface area contributed by atoms with Crippen molar-refractivity contribution in [2.45, 2.75) is 26.7 Å². The molecule has 0 aliphatic carbocycles. The van der Waals surface area contributed by atoms with Crippen LogP contribution in [0.25, 0.3) is 0 Å². The van der Waals surface area contributed by atoms with Crippen LogP contribution < -0.4 is 0 Å². The predicted octanol–water partition coefficient (Wildman–Crippen LogP) is 2.57. The van der Waals surface area contributed by atoms with Crippen LogP contribution in [0.4, 0.5) is 0 Å². The second-order valence-corrected chi connectivity index (χ2v) is 3.53. The number of nitrogens with zero attached hydrogens (tertiary/aromatic N) is 1. The smallest absolute Gasteiger partial charge is 0.130 e. The number of rotatable bonds is 3. The SMILES string of the molecule is CC(=O)CCc1cc(C)nc(Cl)c1. The van der Waals surface area contributed by atoms with Crippen molar-refractivity contribution >= 4 is 17.4 Å². The predicted molar refractivity (Wildman–Crippen MR) is 53.0 cm³/mol. The normalized spacial score (nSPS) is 10.1. The van der Waals surface area contributed by atoms with Gasteiger partial charge < -0.3 is 4.79 Å². The number of hydrogen-bond donors (Lipinski definition) is 0. The Hall–Kier alpha value is -0.890. The fraction of sp³-hybridized carbons (Fsp3) is 0.400. The first kappa shape index (κ1) is 10.2. The summed E-state index contributed by atoms with van der Waals surface area (Å²) in [5.41, 5.74) is 1.97. The maximum Gasteiger partial charge on any atom is 0.130 e. The molecule has 0 saturated carbocycles. The molecule has 0 aliphatic rings. The second-order valence-electron chi connectivity index (χ2n) is 3.14. The summed E-state index contributed by atoms with van der Waals surface area (Å²) in [6.45, 7) is 3.48. The average Bonchev–Trinajstić information content (AvgIpc) is 1.99. The van der Waals surface area contributed by atoms with Gasteiger partial charge >= 0.3 is 0 Å². The van der Waals surface area contributed by atoms with E-state index < -0.39 is 0 Å². The van der Waals surface area contributed by atoms with Crippen molar-refractivity contribution in [3.63, 3.8) is 0 Å². The fourth-order valence-electron chi connectivity index (χ4n) is 1.16. The van der Waals surface area contributed by atoms with Crippen molar-refractivity contribution < 1.29 is 4.79 Å². The summed E-state index contributed by atoms with van der Waals surface area (Å²) >= 11 is 5.77. The van der Waals surface area contributed by atoms with Crippen LogP contribution >= 0.6 is 11.6 Å². The summed E-state index contributed by atoms with van der Waals surface area (Å²) in [5.74, 6) is 0.200. The highest BCUT2D eigenvalue weighted by atomic mass is 35.5. The van der Waals surface area contributed by atoms with Crippen LogP contribution in [0.2, 0.25) is 5.15 Å². The third kappa shape index (κ3) is 3.55. The van der Waals surface area contributed by atoms with Gasteiger partial charge in [0.15, 0.2) is 0 Å². The van der Waals surface area contributed by atoms with Gasteiger partial charge in [-0.3, -0.25) is 0 Å². The van der Waals surface area contributed by atoms with E-state index in [-0.39, 0.29) is 5.78 Å². The van der Waals surface area contributed by atoms with Crippen LogP contribution in [0.15, 0.2) is 12.1 Å². The summed E-state index contributed by atoms with van der Waals surface area (Å²) < 4.78 is 0. The van der Waals surface area contributed by atoms with Gasteiger partial charge in [-0.15, -0.1) is 0 Å². The molecule has 0 spiro atoms. The van der Waals surface area contributed by atoms with E-state index in [1.807, 2.05) is 13.0 Å². The third-order valence-electron chi connectivity index (χ3n) is 1.75. The first-order valence-corrected chi connectivity index (χ1v) is 4.58. The molecule has 0 aromatic carbocycles. The van der Waals surface area contributed by atoms with Crippen LogP contribution in [0.1, 0.15) is 24.6 Å². The molecular formula is C10H12ClNO. The molecule has 1 heterocycles. The standard InChI is InChI=1S/C10H12ClNO/c1-7-5-9(4-3-8(2)13)6-10(11)12-7/h5-6H,3-4H2,1-2H3. The van der Waals surface area contributed by atoms with Crippen molar-refractivity contribution in [2.75, 3.05) is 0 Å². The minimum Gasteiger partial charge on any atom is -0.300 e. The van der Waals surface area contributed by atoms with Crippen LogP contribution in [0, 0.1) is 6.92 Å². The highest BCUT2D eigenvalue weighted by molar-refractivity contribution is 6.29. The maximum absolute atomic E-state index is 10.7. The topological polar surface area (TPSA) is 30.0 Å². The van der Waals surface area contributed by atoms with E-state index in [1.165, 1.54) is 0 Å². The second kappa shape index (κ2) is 4.38. The van der Waals surface area contributed by atoms with Crippen LogP contribution in [-0.2, 0) is 11.2 Å². The van der Waals surface area contributed by atoms with Gasteiger partial charge in [0.05, 0.1) is 0 Å². The zero-order valence-corrected chi connectivity index (χ0v) is 8.56. The molecule has 0 atom stereocenters. The lowest BCUT2D eigenvalue weighted by Gasteiger charge is -2.01. The number of aromatic nitrogens is 1. The van der Waals surface area contributed by atoms with Crippen molar-refractivity contribution in [1.82, 2.24) is 4.98 Å². The van der Waals surface area contributed by atoms with Crippen molar-refractivity contribution in [2.24, 2.45) is 0 Å². The van der Waals surface area contributed by atoms with E-state index >= 15 is 0 Å². The molecule has 1 aromatic rings. The lowest BCUT2D eigenvalue weighted by molar-refractivity contribution is -0.116. The van der Waals surface area contributed by atoms with Crippen molar-refractivity contribution in [3.05, 3.63) is 28.5 Å². The van der Waals surface area contributed by atoms with Gasteiger partial charge in [-0.2, -0.15) is 0 Å². The lowest BCUT2D eigenvalue weighted by atomic mass is 10.1. The Labute approximate surface area is 82.9 Å². The Kier molecular flexibility index (Phi) is 3.43. The Balaban J connectivity index is 2.71. The fourth-order valence-corrected chi connectivity index (χ4v) is 1.43. The minimum absolute atomic E-state index is 0.200. The van der Waals surface area contributed by atoms with Crippen LogP contribution in [0.5, 0.6) is 0 Å². The molecule has 0 saturated heterocycles. The molecule has 0 unspecified atom stereocenters. The van der Waals surface area contributed by atoms with Gasteiger partial charge in [0.1, 0.15) is 10.9 Å². The molecule has 0 aliphatic heterocycles. The molecule has 70 valence electrons. The molecule has 0 N–H and O–H groups in total. The zero-order valence-electron chi connectivity index (χ0n) is 7.80. The number of aryl methyl sites for hydroxylation is 2. The van der Waals surface area contributed by atoms with E-state index in [4.69, 9.17) is 11.6 Å². The first-order valence-electron chi connectivity index (χ1n) is 4.20. The Bertz CT molecular complexity index is 302. The number of Topliss-reactive ketones (excluding diaryl/α,β-unsaturated/α-hetero) is 1. The molecule has 0 amide bonds. The van der Waals surface area contributed by atoms with Crippen LogP contribution in [-0.4, -0.2) is 10.8 Å². The molecule has 0 bridgehead atoms. The lowest BCUT2D eigenvalue weighted by Crippen LogP contribution is -1.95. The highest BCUT2D eigenvalue weighted by Gasteiger charge is 2.00. The quantitative estimate of drug-likeness (QED) is 0.698. The van der Waals surface area contributed by atoms with Gasteiger partial charge in [0, 0.05) is 12.1 Å². The van der Waals surface area contributed by atoms with Gasteiger partial charge in [-0.25, -0.2) is 4.98 Å². The molecule has 0 fully saturated rings.